The topological polar surface area (TPSA) is 38.8 Å². The molecule has 23 heavy (non-hydrogen) atoms. The number of carbonyl (C=O) groups is 1. The van der Waals surface area contributed by atoms with Crippen LogP contribution < -0.4 is 4.74 Å². The lowest BCUT2D eigenvalue weighted by molar-refractivity contribution is -0.188. The molecule has 0 aliphatic rings. The average molecular weight is 331 g/mol. The van der Waals surface area contributed by atoms with Gasteiger partial charge in [-0.05, 0) is 24.6 Å². The number of nitrogens with zero attached hydrogens (tertiary/aromatic N) is 1. The van der Waals surface area contributed by atoms with Gasteiger partial charge in [0.2, 0.25) is 0 Å². The van der Waals surface area contributed by atoms with Crippen molar-refractivity contribution in [2.45, 2.75) is 25.7 Å². The van der Waals surface area contributed by atoms with Crippen LogP contribution in [0.3, 0.4) is 0 Å². The van der Waals surface area contributed by atoms with E-state index in [1.54, 1.807) is 31.4 Å². The molecule has 1 unspecified atom stereocenters. The Morgan fingerprint density at radius 1 is 1.35 bits per heavy atom. The molecular weight excluding hydrogens is 311 g/mol. The first kappa shape index (κ1) is 19.0. The number of alkyl halides is 3. The van der Waals surface area contributed by atoms with Gasteiger partial charge < -0.3 is 14.4 Å². The van der Waals surface area contributed by atoms with Crippen LogP contribution in [0.1, 0.15) is 12.5 Å². The van der Waals surface area contributed by atoms with Crippen LogP contribution in [-0.2, 0) is 16.1 Å². The summed E-state index contributed by atoms with van der Waals surface area (Å²) in [6.07, 6.45) is -4.14. The maximum Gasteiger partial charge on any atom is 0.411 e. The van der Waals surface area contributed by atoms with Crippen LogP contribution in [0.15, 0.2) is 36.9 Å². The predicted octanol–water partition coefficient (Wildman–Crippen LogP) is 3.18. The van der Waals surface area contributed by atoms with Crippen molar-refractivity contribution in [3.05, 3.63) is 42.5 Å². The quantitative estimate of drug-likeness (QED) is 0.687. The maximum atomic E-state index is 12.2. The van der Waals surface area contributed by atoms with Crippen LogP contribution in [0, 0.1) is 0 Å². The van der Waals surface area contributed by atoms with E-state index in [0.717, 1.165) is 5.56 Å². The van der Waals surface area contributed by atoms with Gasteiger partial charge in [0.05, 0.1) is 7.11 Å². The third-order valence-corrected chi connectivity index (χ3v) is 3.04. The molecule has 0 heterocycles. The van der Waals surface area contributed by atoms with Gasteiger partial charge in [-0.3, -0.25) is 4.79 Å². The fourth-order valence-corrected chi connectivity index (χ4v) is 1.89. The highest BCUT2D eigenvalue weighted by Gasteiger charge is 2.31. The monoisotopic (exact) mass is 331 g/mol. The smallest absolute Gasteiger partial charge is 0.411 e. The summed E-state index contributed by atoms with van der Waals surface area (Å²) in [5.41, 5.74) is 0.823. The van der Waals surface area contributed by atoms with Crippen molar-refractivity contribution >= 4 is 5.91 Å². The Kier molecular flexibility index (Phi) is 7.09. The lowest BCUT2D eigenvalue weighted by Gasteiger charge is -2.25. The molecule has 1 amide bonds. The summed E-state index contributed by atoms with van der Waals surface area (Å²) < 4.78 is 46.2. The molecule has 1 aromatic carbocycles. The first-order valence-electron chi connectivity index (χ1n) is 6.97. The Balaban J connectivity index is 2.71. The summed E-state index contributed by atoms with van der Waals surface area (Å²) in [7, 11) is 1.54. The van der Waals surface area contributed by atoms with Gasteiger partial charge in [0.15, 0.2) is 0 Å². The number of amides is 1. The standard InChI is InChI=1S/C16H20F3NO3/c1-4-9-20(10-13-5-7-14(22-3)8-6-13)15(21)12(2)23-11-16(17,18)19/h4-8,12H,1,9-11H2,2-3H3. The predicted molar refractivity (Wildman–Crippen MR) is 80.1 cm³/mol. The van der Waals surface area contributed by atoms with E-state index in [0.29, 0.717) is 5.75 Å². The highest BCUT2D eigenvalue weighted by Crippen LogP contribution is 2.17. The second-order valence-corrected chi connectivity index (χ2v) is 4.92. The number of methoxy groups -OCH3 is 1. The van der Waals surface area contributed by atoms with Gasteiger partial charge in [-0.25, -0.2) is 0 Å². The van der Waals surface area contributed by atoms with Gasteiger partial charge >= 0.3 is 6.18 Å². The fourth-order valence-electron chi connectivity index (χ4n) is 1.89. The third kappa shape index (κ3) is 6.73. The first-order chi connectivity index (χ1) is 10.8. The van der Waals surface area contributed by atoms with Crippen LogP contribution in [0.4, 0.5) is 13.2 Å². The molecule has 0 aliphatic heterocycles. The van der Waals surface area contributed by atoms with Gasteiger partial charge in [0.1, 0.15) is 18.5 Å². The van der Waals surface area contributed by atoms with Crippen LogP contribution in [0.25, 0.3) is 0 Å². The zero-order valence-electron chi connectivity index (χ0n) is 13.1. The highest BCUT2D eigenvalue weighted by molar-refractivity contribution is 5.80. The SMILES string of the molecule is C=CCN(Cc1ccc(OC)cc1)C(=O)C(C)OCC(F)(F)F. The highest BCUT2D eigenvalue weighted by atomic mass is 19.4. The molecule has 4 nitrogen and oxygen atoms in total. The van der Waals surface area contributed by atoms with E-state index in [9.17, 15) is 18.0 Å². The molecule has 0 bridgehead atoms. The number of benzene rings is 1. The molecule has 1 rings (SSSR count). The average Bonchev–Trinajstić information content (AvgIpc) is 2.51. The van der Waals surface area contributed by atoms with Crippen LogP contribution in [-0.4, -0.2) is 43.3 Å². The van der Waals surface area contributed by atoms with Crippen molar-refractivity contribution in [2.24, 2.45) is 0 Å². The molecule has 0 radical (unpaired) electrons. The van der Waals surface area contributed by atoms with Gasteiger partial charge in [-0.2, -0.15) is 13.2 Å². The van der Waals surface area contributed by atoms with E-state index in [-0.39, 0.29) is 13.1 Å². The van der Waals surface area contributed by atoms with Gasteiger partial charge in [-0.1, -0.05) is 18.2 Å². The van der Waals surface area contributed by atoms with Crippen molar-refractivity contribution in [2.75, 3.05) is 20.3 Å². The minimum absolute atomic E-state index is 0.213. The van der Waals surface area contributed by atoms with Crippen molar-refractivity contribution in [3.8, 4) is 5.75 Å². The van der Waals surface area contributed by atoms with Gasteiger partial charge in [0.25, 0.3) is 5.91 Å². The minimum Gasteiger partial charge on any atom is -0.497 e. The number of rotatable bonds is 8. The summed E-state index contributed by atoms with van der Waals surface area (Å²) in [5, 5.41) is 0. The molecule has 0 N–H and O–H groups in total. The summed E-state index contributed by atoms with van der Waals surface area (Å²) in [4.78, 5) is 13.6. The lowest BCUT2D eigenvalue weighted by atomic mass is 10.2. The van der Waals surface area contributed by atoms with Crippen LogP contribution in [0.5, 0.6) is 5.75 Å². The van der Waals surface area contributed by atoms with E-state index in [1.165, 1.54) is 17.9 Å². The summed E-state index contributed by atoms with van der Waals surface area (Å²) in [6, 6.07) is 7.05. The number of ether oxygens (including phenoxy) is 2. The molecule has 1 atom stereocenters. The Bertz CT molecular complexity index is 514. The molecule has 0 aliphatic carbocycles. The van der Waals surface area contributed by atoms with Crippen molar-refractivity contribution in [3.63, 3.8) is 0 Å². The zero-order chi connectivity index (χ0) is 17.5. The number of halogens is 3. The molecule has 7 heteroatoms. The molecule has 128 valence electrons. The summed E-state index contributed by atoms with van der Waals surface area (Å²) in [6.45, 7) is 3.87. The minimum atomic E-state index is -4.46. The van der Waals surface area contributed by atoms with Crippen LogP contribution in [0.2, 0.25) is 0 Å². The van der Waals surface area contributed by atoms with E-state index in [2.05, 4.69) is 11.3 Å². The zero-order valence-corrected chi connectivity index (χ0v) is 13.1. The molecular formula is C16H20F3NO3. The van der Waals surface area contributed by atoms with Gasteiger partial charge in [-0.15, -0.1) is 6.58 Å². The van der Waals surface area contributed by atoms with E-state index < -0.39 is 24.8 Å². The molecule has 0 saturated carbocycles. The second kappa shape index (κ2) is 8.57. The largest absolute Gasteiger partial charge is 0.497 e. The Hall–Kier alpha value is -2.02. The van der Waals surface area contributed by atoms with Crippen molar-refractivity contribution < 1.29 is 27.4 Å². The Labute approximate surface area is 133 Å². The fraction of sp³-hybridized carbons (Fsp3) is 0.438. The lowest BCUT2D eigenvalue weighted by Crippen LogP contribution is -2.40. The van der Waals surface area contributed by atoms with Crippen molar-refractivity contribution in [1.29, 1.82) is 0 Å². The first-order valence-corrected chi connectivity index (χ1v) is 6.97. The molecule has 1 aromatic rings. The molecule has 0 fully saturated rings. The van der Waals surface area contributed by atoms with Gasteiger partial charge in [0, 0.05) is 13.1 Å². The molecule has 0 saturated heterocycles. The normalized spacial score (nSPS) is 12.6. The Morgan fingerprint density at radius 2 is 1.96 bits per heavy atom. The molecule has 0 spiro atoms. The summed E-state index contributed by atoms with van der Waals surface area (Å²) in [5.74, 6) is 0.155. The molecule has 0 aromatic heterocycles. The Morgan fingerprint density at radius 3 is 2.43 bits per heavy atom. The summed E-state index contributed by atoms with van der Waals surface area (Å²) >= 11 is 0. The van der Waals surface area contributed by atoms with Crippen molar-refractivity contribution in [1.82, 2.24) is 4.90 Å². The second-order valence-electron chi connectivity index (χ2n) is 4.92. The number of hydrogen-bond donors (Lipinski definition) is 0. The third-order valence-electron chi connectivity index (χ3n) is 3.04. The van der Waals surface area contributed by atoms with Crippen LogP contribution >= 0.6 is 0 Å². The van der Waals surface area contributed by atoms with E-state index in [4.69, 9.17) is 4.74 Å². The number of carbonyl (C=O) groups excluding carboxylic acids is 1. The van der Waals surface area contributed by atoms with E-state index >= 15 is 0 Å². The maximum absolute atomic E-state index is 12.2. The van der Waals surface area contributed by atoms with E-state index in [1.807, 2.05) is 0 Å². The number of hydrogen-bond acceptors (Lipinski definition) is 3.